The Morgan fingerprint density at radius 2 is 2.41 bits per heavy atom. The van der Waals surface area contributed by atoms with Crippen LogP contribution in [0, 0.1) is 3.57 Å². The average molecular weight is 359 g/mol. The molecule has 0 aliphatic rings. The van der Waals surface area contributed by atoms with Crippen LogP contribution in [0.15, 0.2) is 30.0 Å². The average Bonchev–Trinajstić information content (AvgIpc) is 2.85. The summed E-state index contributed by atoms with van der Waals surface area (Å²) in [5, 5.41) is 5.62. The summed E-state index contributed by atoms with van der Waals surface area (Å²) in [6.07, 6.45) is 5.67. The third-order valence-electron chi connectivity index (χ3n) is 2.44. The summed E-state index contributed by atoms with van der Waals surface area (Å²) >= 11 is 4.04. The Hall–Kier alpha value is -0.690. The van der Waals surface area contributed by atoms with E-state index in [0.717, 1.165) is 22.2 Å². The Bertz CT molecular complexity index is 459. The largest absolute Gasteiger partial charge is 0.361 e. The molecule has 2 rings (SSSR count). The minimum absolute atomic E-state index is 0.350. The van der Waals surface area contributed by atoms with E-state index in [-0.39, 0.29) is 0 Å². The van der Waals surface area contributed by atoms with Gasteiger partial charge in [-0.05, 0) is 40.5 Å². The first kappa shape index (κ1) is 12.8. The smallest absolute Gasteiger partial charge is 0.143 e. The molecule has 0 radical (unpaired) electrons. The van der Waals surface area contributed by atoms with Gasteiger partial charge in [-0.15, -0.1) is 11.3 Å². The van der Waals surface area contributed by atoms with Gasteiger partial charge in [0.2, 0.25) is 0 Å². The number of hydrogen-bond donors (Lipinski definition) is 1. The molecule has 1 atom stereocenters. The number of nitrogens with one attached hydrogen (secondary N) is 1. The lowest BCUT2D eigenvalue weighted by atomic mass is 10.1. The van der Waals surface area contributed by atoms with Crippen molar-refractivity contribution in [3.8, 4) is 0 Å². The van der Waals surface area contributed by atoms with Crippen LogP contribution in [0.1, 0.15) is 30.7 Å². The van der Waals surface area contributed by atoms with Crippen LogP contribution in [0.2, 0.25) is 0 Å². The molecular formula is C12H14IN3S. The van der Waals surface area contributed by atoms with Gasteiger partial charge in [-0.3, -0.25) is 0 Å². The molecule has 0 spiro atoms. The molecule has 3 nitrogen and oxygen atoms in total. The first-order valence-electron chi connectivity index (χ1n) is 5.56. The Morgan fingerprint density at radius 3 is 3.06 bits per heavy atom. The Kier molecular flexibility index (Phi) is 4.73. The van der Waals surface area contributed by atoms with Crippen LogP contribution < -0.4 is 5.32 Å². The van der Waals surface area contributed by atoms with Gasteiger partial charge >= 0.3 is 0 Å². The van der Waals surface area contributed by atoms with Gasteiger partial charge in [0.1, 0.15) is 12.1 Å². The highest BCUT2D eigenvalue weighted by atomic mass is 127. The van der Waals surface area contributed by atoms with Crippen molar-refractivity contribution in [1.82, 2.24) is 9.97 Å². The first-order chi connectivity index (χ1) is 8.31. The Morgan fingerprint density at radius 1 is 1.53 bits per heavy atom. The number of thiophene rings is 1. The second-order valence-electron chi connectivity index (χ2n) is 3.72. The van der Waals surface area contributed by atoms with E-state index in [2.05, 4.69) is 62.3 Å². The minimum Gasteiger partial charge on any atom is -0.361 e. The fraction of sp³-hybridized carbons (Fsp3) is 0.333. The zero-order chi connectivity index (χ0) is 12.1. The summed E-state index contributed by atoms with van der Waals surface area (Å²) in [5.74, 6) is 0.924. The lowest BCUT2D eigenvalue weighted by molar-refractivity contribution is 0.683. The van der Waals surface area contributed by atoms with Crippen molar-refractivity contribution in [2.24, 2.45) is 0 Å². The number of hydrogen-bond acceptors (Lipinski definition) is 4. The summed E-state index contributed by atoms with van der Waals surface area (Å²) < 4.78 is 1.06. The monoisotopic (exact) mass is 359 g/mol. The van der Waals surface area contributed by atoms with E-state index in [1.165, 1.54) is 4.88 Å². The zero-order valence-electron chi connectivity index (χ0n) is 9.56. The van der Waals surface area contributed by atoms with Crippen LogP contribution in [0.5, 0.6) is 0 Å². The molecule has 0 bridgehead atoms. The summed E-state index contributed by atoms with van der Waals surface area (Å²) in [7, 11) is 0. The molecule has 0 aliphatic carbocycles. The summed E-state index contributed by atoms with van der Waals surface area (Å²) in [6, 6.07) is 4.62. The van der Waals surface area contributed by atoms with Gasteiger partial charge in [-0.25, -0.2) is 9.97 Å². The molecule has 0 aromatic carbocycles. The van der Waals surface area contributed by atoms with Crippen molar-refractivity contribution in [3.63, 3.8) is 0 Å². The normalized spacial score (nSPS) is 12.4. The quantitative estimate of drug-likeness (QED) is 0.817. The SMILES string of the molecule is CCCC(Nc1ncncc1I)c1cccs1. The first-order valence-corrected chi connectivity index (χ1v) is 7.52. The van der Waals surface area contributed by atoms with Crippen LogP contribution in [-0.2, 0) is 0 Å². The molecule has 2 aromatic rings. The molecule has 0 amide bonds. The van der Waals surface area contributed by atoms with Gasteiger partial charge in [-0.1, -0.05) is 19.4 Å². The minimum atomic E-state index is 0.350. The maximum Gasteiger partial charge on any atom is 0.143 e. The maximum absolute atomic E-state index is 4.29. The number of rotatable bonds is 5. The van der Waals surface area contributed by atoms with Gasteiger partial charge in [0, 0.05) is 11.1 Å². The molecule has 0 aliphatic heterocycles. The second-order valence-corrected chi connectivity index (χ2v) is 5.86. The highest BCUT2D eigenvalue weighted by Crippen LogP contribution is 2.27. The molecule has 90 valence electrons. The van der Waals surface area contributed by atoms with Gasteiger partial charge in [0.25, 0.3) is 0 Å². The topological polar surface area (TPSA) is 37.8 Å². The van der Waals surface area contributed by atoms with Crippen molar-refractivity contribution in [2.45, 2.75) is 25.8 Å². The predicted octanol–water partition coefficient (Wildman–Crippen LogP) is 4.10. The van der Waals surface area contributed by atoms with Crippen LogP contribution in [-0.4, -0.2) is 9.97 Å². The molecule has 17 heavy (non-hydrogen) atoms. The van der Waals surface area contributed by atoms with Gasteiger partial charge in [0.05, 0.1) is 9.61 Å². The standard InChI is InChI=1S/C12H14IN3S/c1-2-4-10(11-5-3-6-17-11)16-12-9(13)7-14-8-15-12/h3,5-8,10H,2,4H2,1H3,(H,14,15,16). The molecular weight excluding hydrogens is 345 g/mol. The van der Waals surface area contributed by atoms with Crippen LogP contribution in [0.25, 0.3) is 0 Å². The lowest BCUT2D eigenvalue weighted by Crippen LogP contribution is -2.11. The predicted molar refractivity (Wildman–Crippen MR) is 80.3 cm³/mol. The third-order valence-corrected chi connectivity index (χ3v) is 4.22. The highest BCUT2D eigenvalue weighted by molar-refractivity contribution is 14.1. The molecule has 0 fully saturated rings. The van der Waals surface area contributed by atoms with Crippen LogP contribution in [0.3, 0.4) is 0 Å². The third kappa shape index (κ3) is 3.38. The van der Waals surface area contributed by atoms with Gasteiger partial charge < -0.3 is 5.32 Å². The lowest BCUT2D eigenvalue weighted by Gasteiger charge is -2.17. The Balaban J connectivity index is 2.16. The highest BCUT2D eigenvalue weighted by Gasteiger charge is 2.13. The maximum atomic E-state index is 4.29. The van der Waals surface area contributed by atoms with Crippen molar-refractivity contribution in [3.05, 3.63) is 38.5 Å². The molecule has 2 aromatic heterocycles. The van der Waals surface area contributed by atoms with Crippen molar-refractivity contribution in [2.75, 3.05) is 5.32 Å². The summed E-state index contributed by atoms with van der Waals surface area (Å²) in [6.45, 7) is 2.20. The summed E-state index contributed by atoms with van der Waals surface area (Å²) in [5.41, 5.74) is 0. The number of halogens is 1. The van der Waals surface area contributed by atoms with E-state index in [9.17, 15) is 0 Å². The molecule has 0 saturated carbocycles. The van der Waals surface area contributed by atoms with Crippen molar-refractivity contribution >= 4 is 39.7 Å². The fourth-order valence-electron chi connectivity index (χ4n) is 1.65. The molecule has 2 heterocycles. The molecule has 0 saturated heterocycles. The molecule has 5 heteroatoms. The molecule has 1 unspecified atom stereocenters. The van der Waals surface area contributed by atoms with E-state index < -0.39 is 0 Å². The van der Waals surface area contributed by atoms with E-state index >= 15 is 0 Å². The van der Waals surface area contributed by atoms with E-state index in [0.29, 0.717) is 6.04 Å². The van der Waals surface area contributed by atoms with Crippen molar-refractivity contribution < 1.29 is 0 Å². The number of aromatic nitrogens is 2. The molecule has 1 N–H and O–H groups in total. The van der Waals surface area contributed by atoms with Crippen LogP contribution >= 0.6 is 33.9 Å². The van der Waals surface area contributed by atoms with E-state index in [1.54, 1.807) is 17.7 Å². The number of nitrogens with zero attached hydrogens (tertiary/aromatic N) is 2. The Labute approximate surface area is 119 Å². The van der Waals surface area contributed by atoms with E-state index in [1.807, 2.05) is 6.20 Å². The second kappa shape index (κ2) is 6.30. The van der Waals surface area contributed by atoms with Gasteiger partial charge in [-0.2, -0.15) is 0 Å². The van der Waals surface area contributed by atoms with Gasteiger partial charge in [0.15, 0.2) is 0 Å². The number of anilines is 1. The summed E-state index contributed by atoms with van der Waals surface area (Å²) in [4.78, 5) is 9.65. The van der Waals surface area contributed by atoms with E-state index in [4.69, 9.17) is 0 Å². The van der Waals surface area contributed by atoms with Crippen LogP contribution in [0.4, 0.5) is 5.82 Å². The van der Waals surface area contributed by atoms with Crippen molar-refractivity contribution in [1.29, 1.82) is 0 Å². The zero-order valence-corrected chi connectivity index (χ0v) is 12.5. The fourth-order valence-corrected chi connectivity index (χ4v) is 2.92.